The number of hydrogen-bond acceptors (Lipinski definition) is 3. The van der Waals surface area contributed by atoms with E-state index in [2.05, 4.69) is 15.9 Å². The third-order valence-electron chi connectivity index (χ3n) is 3.32. The fourth-order valence-corrected chi connectivity index (χ4v) is 2.85. The topological polar surface area (TPSA) is 38.8 Å². The van der Waals surface area contributed by atoms with Gasteiger partial charge in [-0.3, -0.25) is 4.79 Å². The zero-order valence-corrected chi connectivity index (χ0v) is 12.8. The molecule has 2 rings (SSSR count). The molecule has 1 atom stereocenters. The second kappa shape index (κ2) is 6.28. The first-order chi connectivity index (χ1) is 9.15. The molecule has 1 aliphatic rings. The van der Waals surface area contributed by atoms with Gasteiger partial charge in [0.05, 0.1) is 19.0 Å². The van der Waals surface area contributed by atoms with E-state index in [1.54, 1.807) is 14.2 Å². The predicted molar refractivity (Wildman–Crippen MR) is 76.9 cm³/mol. The number of piperidine rings is 1. The molecule has 1 amide bonds. The molecule has 0 spiro atoms. The number of ether oxygens (including phenoxy) is 2. The van der Waals surface area contributed by atoms with E-state index in [-0.39, 0.29) is 10.7 Å². The second-order valence-electron chi connectivity index (χ2n) is 4.55. The van der Waals surface area contributed by atoms with Gasteiger partial charge in [0.2, 0.25) is 5.91 Å². The fraction of sp³-hybridized carbons (Fsp3) is 0.500. The predicted octanol–water partition coefficient (Wildman–Crippen LogP) is 2.59. The van der Waals surface area contributed by atoms with Crippen LogP contribution in [0.3, 0.4) is 0 Å². The third kappa shape index (κ3) is 3.21. The van der Waals surface area contributed by atoms with Crippen LogP contribution in [0.2, 0.25) is 0 Å². The van der Waals surface area contributed by atoms with E-state index >= 15 is 0 Å². The number of methoxy groups -OCH3 is 2. The molecule has 1 saturated heterocycles. The Morgan fingerprint density at radius 2 is 2.16 bits per heavy atom. The van der Waals surface area contributed by atoms with Gasteiger partial charge >= 0.3 is 0 Å². The molecule has 4 nitrogen and oxygen atoms in total. The first-order valence-electron chi connectivity index (χ1n) is 6.29. The molecule has 1 aliphatic heterocycles. The van der Waals surface area contributed by atoms with Crippen LogP contribution >= 0.6 is 15.9 Å². The highest BCUT2D eigenvalue weighted by atomic mass is 79.9. The zero-order chi connectivity index (χ0) is 13.8. The van der Waals surface area contributed by atoms with Crippen LogP contribution in [-0.2, 0) is 11.3 Å². The summed E-state index contributed by atoms with van der Waals surface area (Å²) in [5.41, 5.74) is 0.998. The van der Waals surface area contributed by atoms with Crippen molar-refractivity contribution < 1.29 is 14.3 Å². The highest BCUT2D eigenvalue weighted by Crippen LogP contribution is 2.27. The van der Waals surface area contributed by atoms with Crippen LogP contribution in [0.1, 0.15) is 18.4 Å². The molecule has 1 unspecified atom stereocenters. The molecule has 1 fully saturated rings. The van der Waals surface area contributed by atoms with Crippen molar-refractivity contribution in [2.24, 2.45) is 0 Å². The summed E-state index contributed by atoms with van der Waals surface area (Å²) in [6, 6.07) is 5.68. The zero-order valence-electron chi connectivity index (χ0n) is 11.2. The van der Waals surface area contributed by atoms with Crippen molar-refractivity contribution in [2.45, 2.75) is 24.2 Å². The van der Waals surface area contributed by atoms with Gasteiger partial charge in [-0.05, 0) is 25.0 Å². The molecule has 0 radical (unpaired) electrons. The Balaban J connectivity index is 2.16. The Kier molecular flexibility index (Phi) is 4.69. The van der Waals surface area contributed by atoms with Crippen molar-refractivity contribution in [3.05, 3.63) is 23.8 Å². The van der Waals surface area contributed by atoms with E-state index < -0.39 is 0 Å². The number of carbonyl (C=O) groups is 1. The average molecular weight is 328 g/mol. The van der Waals surface area contributed by atoms with Gasteiger partial charge in [-0.25, -0.2) is 0 Å². The maximum Gasteiger partial charge on any atom is 0.236 e. The lowest BCUT2D eigenvalue weighted by atomic mass is 10.1. The number of likely N-dealkylation sites (tertiary alicyclic amines) is 1. The van der Waals surface area contributed by atoms with Crippen molar-refractivity contribution in [1.29, 1.82) is 0 Å². The van der Waals surface area contributed by atoms with E-state index in [0.29, 0.717) is 6.54 Å². The standard InChI is InChI=1S/C14H18BrNO3/c1-18-11-6-5-10(13(8-11)19-2)9-16-7-3-4-12(15)14(16)17/h5-6,8,12H,3-4,7,9H2,1-2H3. The lowest BCUT2D eigenvalue weighted by Crippen LogP contribution is -2.41. The Morgan fingerprint density at radius 3 is 2.84 bits per heavy atom. The molecule has 1 aromatic carbocycles. The maximum atomic E-state index is 12.1. The number of hydrogen-bond donors (Lipinski definition) is 0. The van der Waals surface area contributed by atoms with Crippen molar-refractivity contribution in [3.63, 3.8) is 0 Å². The van der Waals surface area contributed by atoms with Gasteiger partial charge in [0, 0.05) is 24.7 Å². The molecule has 0 aromatic heterocycles. The molecule has 1 heterocycles. The highest BCUT2D eigenvalue weighted by molar-refractivity contribution is 9.10. The van der Waals surface area contributed by atoms with Crippen LogP contribution in [0, 0.1) is 0 Å². The molecule has 0 saturated carbocycles. The van der Waals surface area contributed by atoms with Gasteiger partial charge in [0.1, 0.15) is 11.5 Å². The Labute approximate surface area is 121 Å². The number of rotatable bonds is 4. The minimum atomic E-state index is -0.0505. The fourth-order valence-electron chi connectivity index (χ4n) is 2.24. The van der Waals surface area contributed by atoms with Crippen molar-refractivity contribution in [2.75, 3.05) is 20.8 Å². The third-order valence-corrected chi connectivity index (χ3v) is 4.17. The number of amides is 1. The lowest BCUT2D eigenvalue weighted by molar-refractivity contribution is -0.133. The number of halogens is 1. The van der Waals surface area contributed by atoms with Crippen LogP contribution in [-0.4, -0.2) is 36.4 Å². The molecule has 0 N–H and O–H groups in total. The summed E-state index contributed by atoms with van der Waals surface area (Å²) in [6.45, 7) is 1.38. The quantitative estimate of drug-likeness (QED) is 0.798. The van der Waals surface area contributed by atoms with Crippen molar-refractivity contribution in [3.8, 4) is 11.5 Å². The van der Waals surface area contributed by atoms with Gasteiger partial charge in [-0.15, -0.1) is 0 Å². The van der Waals surface area contributed by atoms with Crippen LogP contribution in [0.4, 0.5) is 0 Å². The van der Waals surface area contributed by atoms with E-state index in [1.165, 1.54) is 0 Å². The van der Waals surface area contributed by atoms with Crippen molar-refractivity contribution in [1.82, 2.24) is 4.90 Å². The minimum absolute atomic E-state index is 0.0505. The van der Waals surface area contributed by atoms with Crippen LogP contribution in [0.5, 0.6) is 11.5 Å². The molecule has 5 heteroatoms. The number of carbonyl (C=O) groups excluding carboxylic acids is 1. The largest absolute Gasteiger partial charge is 0.497 e. The molecule has 0 aliphatic carbocycles. The Hall–Kier alpha value is -1.23. The maximum absolute atomic E-state index is 12.1. The Morgan fingerprint density at radius 1 is 1.37 bits per heavy atom. The summed E-state index contributed by atoms with van der Waals surface area (Å²) in [7, 11) is 3.25. The molecular formula is C14H18BrNO3. The summed E-state index contributed by atoms with van der Waals surface area (Å²) < 4.78 is 10.5. The molecule has 0 bridgehead atoms. The monoisotopic (exact) mass is 327 g/mol. The SMILES string of the molecule is COc1ccc(CN2CCCC(Br)C2=O)c(OC)c1. The highest BCUT2D eigenvalue weighted by Gasteiger charge is 2.27. The van der Waals surface area contributed by atoms with Gasteiger partial charge in [-0.1, -0.05) is 15.9 Å². The molecule has 104 valence electrons. The second-order valence-corrected chi connectivity index (χ2v) is 5.65. The van der Waals surface area contributed by atoms with Crippen LogP contribution < -0.4 is 9.47 Å². The summed E-state index contributed by atoms with van der Waals surface area (Å²) in [5, 5.41) is 0. The van der Waals surface area contributed by atoms with Crippen LogP contribution in [0.15, 0.2) is 18.2 Å². The number of benzene rings is 1. The van der Waals surface area contributed by atoms with E-state index in [4.69, 9.17) is 9.47 Å². The number of alkyl halides is 1. The van der Waals surface area contributed by atoms with Crippen molar-refractivity contribution >= 4 is 21.8 Å². The summed E-state index contributed by atoms with van der Waals surface area (Å²) in [4.78, 5) is 13.9. The molecule has 1 aromatic rings. The summed E-state index contributed by atoms with van der Waals surface area (Å²) in [6.07, 6.45) is 1.94. The van der Waals surface area contributed by atoms with Gasteiger partial charge < -0.3 is 14.4 Å². The molecular weight excluding hydrogens is 310 g/mol. The van der Waals surface area contributed by atoms with Crippen LogP contribution in [0.25, 0.3) is 0 Å². The van der Waals surface area contributed by atoms with Gasteiger partial charge in [-0.2, -0.15) is 0 Å². The number of nitrogens with zero attached hydrogens (tertiary/aromatic N) is 1. The summed E-state index contributed by atoms with van der Waals surface area (Å²) >= 11 is 3.42. The van der Waals surface area contributed by atoms with Gasteiger partial charge in [0.25, 0.3) is 0 Å². The minimum Gasteiger partial charge on any atom is -0.497 e. The smallest absolute Gasteiger partial charge is 0.236 e. The Bertz CT molecular complexity index is 464. The van der Waals surface area contributed by atoms with E-state index in [9.17, 15) is 4.79 Å². The van der Waals surface area contributed by atoms with E-state index in [1.807, 2.05) is 23.1 Å². The lowest BCUT2D eigenvalue weighted by Gasteiger charge is -2.30. The molecule has 19 heavy (non-hydrogen) atoms. The first-order valence-corrected chi connectivity index (χ1v) is 7.21. The van der Waals surface area contributed by atoms with Gasteiger partial charge in [0.15, 0.2) is 0 Å². The average Bonchev–Trinajstić information content (AvgIpc) is 2.44. The van der Waals surface area contributed by atoms with E-state index in [0.717, 1.165) is 36.4 Å². The summed E-state index contributed by atoms with van der Waals surface area (Å²) in [5.74, 6) is 1.66. The normalized spacial score (nSPS) is 19.4. The first kappa shape index (κ1) is 14.2.